The lowest BCUT2D eigenvalue weighted by Crippen LogP contribution is -2.60. The third-order valence-electron chi connectivity index (χ3n) is 6.62. The highest BCUT2D eigenvalue weighted by atomic mass is 32.2. The number of ketones is 1. The van der Waals surface area contributed by atoms with E-state index < -0.39 is 33.1 Å². The zero-order valence-electron chi connectivity index (χ0n) is 22.4. The van der Waals surface area contributed by atoms with Crippen molar-refractivity contribution in [1.82, 2.24) is 9.21 Å². The molecule has 2 N–H and O–H groups in total. The van der Waals surface area contributed by atoms with E-state index in [1.165, 1.54) is 28.6 Å². The van der Waals surface area contributed by atoms with Crippen molar-refractivity contribution in [1.29, 1.82) is 0 Å². The number of carbonyl (C=O) groups excluding carboxylic acids is 4. The van der Waals surface area contributed by atoms with Crippen LogP contribution in [0.5, 0.6) is 0 Å². The van der Waals surface area contributed by atoms with Crippen LogP contribution in [0.1, 0.15) is 71.7 Å². The molecule has 40 heavy (non-hydrogen) atoms. The van der Waals surface area contributed by atoms with Gasteiger partial charge in [-0.1, -0.05) is 18.6 Å². The number of rotatable bonds is 16. The summed E-state index contributed by atoms with van der Waals surface area (Å²) in [7, 11) is -3.99. The van der Waals surface area contributed by atoms with Crippen LogP contribution in [0.15, 0.2) is 48.5 Å². The lowest BCUT2D eigenvalue weighted by molar-refractivity contribution is -0.142. The van der Waals surface area contributed by atoms with Gasteiger partial charge in [-0.25, -0.2) is 17.6 Å². The van der Waals surface area contributed by atoms with Crippen LogP contribution in [0.25, 0.3) is 0 Å². The fourth-order valence-corrected chi connectivity index (χ4v) is 6.31. The molecule has 1 fully saturated rings. The summed E-state index contributed by atoms with van der Waals surface area (Å²) in [5, 5.41) is -1.10. The predicted molar refractivity (Wildman–Crippen MR) is 145 cm³/mol. The van der Waals surface area contributed by atoms with E-state index in [-0.39, 0.29) is 57.2 Å². The Morgan fingerprint density at radius 3 is 2.25 bits per heavy atom. The van der Waals surface area contributed by atoms with E-state index in [0.717, 1.165) is 4.90 Å². The highest BCUT2D eigenvalue weighted by Gasteiger charge is 2.47. The minimum Gasteiger partial charge on any atom is -0.462 e. The van der Waals surface area contributed by atoms with Crippen molar-refractivity contribution in [3.8, 4) is 0 Å². The maximum Gasteiger partial charge on any atom is 0.338 e. The SMILES string of the molecule is CCOC(=O)c1ccc(CN(CCCCCC(=O)c2ccc(F)cc2)S(=O)(=O)C2CC(=O)N2CCC(N)=O)cc1. The number of Topliss-reactive ketones (excluding diaryl/α,β-unsaturated/α-hetero) is 1. The summed E-state index contributed by atoms with van der Waals surface area (Å²) >= 11 is 0. The van der Waals surface area contributed by atoms with Crippen LogP contribution in [0.3, 0.4) is 0 Å². The standard InChI is InChI=1S/C28H34FN3O7S/c1-2-39-28(36)22-9-7-20(8-10-22)19-31(40(37,38)27-18-26(35)32(27)17-15-25(30)34)16-5-3-4-6-24(33)21-11-13-23(29)14-12-21/h7-14,27H,2-6,15-19H2,1H3,(H2,30,34). The van der Waals surface area contributed by atoms with Crippen LogP contribution < -0.4 is 5.73 Å². The minimum atomic E-state index is -3.99. The van der Waals surface area contributed by atoms with Gasteiger partial charge in [-0.15, -0.1) is 0 Å². The molecule has 216 valence electrons. The second-order valence-electron chi connectivity index (χ2n) is 9.50. The number of benzene rings is 2. The molecule has 12 heteroatoms. The number of unbranched alkanes of at least 4 members (excludes halogenated alkanes) is 2. The van der Waals surface area contributed by atoms with Crippen LogP contribution in [-0.2, 0) is 30.9 Å². The molecule has 2 aromatic carbocycles. The number of β-lactam (4-membered cyclic amide) rings is 1. The van der Waals surface area contributed by atoms with Crippen molar-refractivity contribution in [2.75, 3.05) is 19.7 Å². The van der Waals surface area contributed by atoms with E-state index >= 15 is 0 Å². The molecule has 0 radical (unpaired) electrons. The summed E-state index contributed by atoms with van der Waals surface area (Å²) < 4.78 is 46.6. The molecule has 0 spiro atoms. The molecular weight excluding hydrogens is 541 g/mol. The summed E-state index contributed by atoms with van der Waals surface area (Å²) in [5.74, 6) is -2.02. The van der Waals surface area contributed by atoms with Gasteiger partial charge in [0.15, 0.2) is 11.2 Å². The molecule has 3 rings (SSSR count). The molecule has 0 saturated carbocycles. The van der Waals surface area contributed by atoms with Gasteiger partial charge < -0.3 is 15.4 Å². The van der Waals surface area contributed by atoms with Gasteiger partial charge in [0.1, 0.15) is 5.82 Å². The molecule has 10 nitrogen and oxygen atoms in total. The van der Waals surface area contributed by atoms with Gasteiger partial charge in [0.2, 0.25) is 21.8 Å². The van der Waals surface area contributed by atoms with Crippen LogP contribution in [-0.4, -0.2) is 66.3 Å². The van der Waals surface area contributed by atoms with Crippen molar-refractivity contribution in [3.05, 3.63) is 71.0 Å². The van der Waals surface area contributed by atoms with E-state index in [1.54, 1.807) is 31.2 Å². The normalized spacial score (nSPS) is 15.1. The summed E-state index contributed by atoms with van der Waals surface area (Å²) in [6, 6.07) is 11.7. The molecule has 1 aliphatic rings. The average molecular weight is 576 g/mol. The maximum absolute atomic E-state index is 13.6. The Bertz CT molecular complexity index is 1310. The van der Waals surface area contributed by atoms with Gasteiger partial charge in [-0.05, 0) is 61.7 Å². The van der Waals surface area contributed by atoms with Gasteiger partial charge >= 0.3 is 5.97 Å². The number of amides is 2. The highest BCUT2D eigenvalue weighted by molar-refractivity contribution is 7.89. The van der Waals surface area contributed by atoms with Crippen LogP contribution >= 0.6 is 0 Å². The quantitative estimate of drug-likeness (QED) is 0.140. The number of ether oxygens (including phenoxy) is 1. The summed E-state index contributed by atoms with van der Waals surface area (Å²) in [6.45, 7) is 2.00. The zero-order chi connectivity index (χ0) is 29.3. The van der Waals surface area contributed by atoms with Crippen molar-refractivity contribution in [2.24, 2.45) is 5.73 Å². The fraction of sp³-hybridized carbons (Fsp3) is 0.429. The van der Waals surface area contributed by atoms with Gasteiger partial charge in [0.25, 0.3) is 0 Å². The number of primary amides is 1. The van der Waals surface area contributed by atoms with Gasteiger partial charge in [0, 0.05) is 38.0 Å². The third kappa shape index (κ3) is 8.18. The molecule has 1 saturated heterocycles. The number of nitrogens with zero attached hydrogens (tertiary/aromatic N) is 2. The lowest BCUT2D eigenvalue weighted by atomic mass is 10.0. The van der Waals surface area contributed by atoms with Crippen LogP contribution in [0.4, 0.5) is 4.39 Å². The minimum absolute atomic E-state index is 0.00823. The largest absolute Gasteiger partial charge is 0.462 e. The fourth-order valence-electron chi connectivity index (χ4n) is 4.35. The Hall–Kier alpha value is -3.64. The van der Waals surface area contributed by atoms with E-state index in [1.807, 2.05) is 0 Å². The van der Waals surface area contributed by atoms with Gasteiger partial charge in [-0.3, -0.25) is 14.4 Å². The molecular formula is C28H34FN3O7S. The first-order chi connectivity index (χ1) is 19.0. The molecule has 0 aromatic heterocycles. The zero-order valence-corrected chi connectivity index (χ0v) is 23.2. The van der Waals surface area contributed by atoms with Gasteiger partial charge in [0.05, 0.1) is 18.6 Å². The van der Waals surface area contributed by atoms with E-state index in [9.17, 15) is 32.0 Å². The van der Waals surface area contributed by atoms with E-state index in [0.29, 0.717) is 36.0 Å². The van der Waals surface area contributed by atoms with Crippen LogP contribution in [0, 0.1) is 5.82 Å². The number of likely N-dealkylation sites (tertiary alicyclic amines) is 1. The summed E-state index contributed by atoms with van der Waals surface area (Å²) in [6.07, 6.45) is 1.45. The first-order valence-corrected chi connectivity index (χ1v) is 14.6. The molecule has 0 aliphatic carbocycles. The van der Waals surface area contributed by atoms with Crippen molar-refractivity contribution < 1.29 is 36.7 Å². The first-order valence-electron chi connectivity index (χ1n) is 13.1. The third-order valence-corrected chi connectivity index (χ3v) is 8.76. The van der Waals surface area contributed by atoms with Crippen molar-refractivity contribution in [2.45, 2.75) is 57.4 Å². The highest BCUT2D eigenvalue weighted by Crippen LogP contribution is 2.29. The van der Waals surface area contributed by atoms with Crippen molar-refractivity contribution in [3.63, 3.8) is 0 Å². The predicted octanol–water partition coefficient (Wildman–Crippen LogP) is 3.01. The molecule has 2 aromatic rings. The number of hydrogen-bond donors (Lipinski definition) is 1. The summed E-state index contributed by atoms with van der Waals surface area (Å²) in [5.41, 5.74) is 6.58. The molecule has 1 heterocycles. The second kappa shape index (κ2) is 14.1. The van der Waals surface area contributed by atoms with Crippen LogP contribution in [0.2, 0.25) is 0 Å². The molecule has 2 amide bonds. The Morgan fingerprint density at radius 2 is 1.65 bits per heavy atom. The number of carbonyl (C=O) groups is 4. The van der Waals surface area contributed by atoms with Crippen molar-refractivity contribution >= 4 is 33.6 Å². The Morgan fingerprint density at radius 1 is 1.00 bits per heavy atom. The summed E-state index contributed by atoms with van der Waals surface area (Å²) in [4.78, 5) is 48.8. The number of sulfonamides is 1. The molecule has 0 bridgehead atoms. The second-order valence-corrected chi connectivity index (χ2v) is 11.6. The average Bonchev–Trinajstić information content (AvgIpc) is 2.91. The Kier molecular flexibility index (Phi) is 10.9. The molecule has 1 atom stereocenters. The molecule has 1 unspecified atom stereocenters. The first kappa shape index (κ1) is 30.9. The number of esters is 1. The smallest absolute Gasteiger partial charge is 0.338 e. The van der Waals surface area contributed by atoms with E-state index in [4.69, 9.17) is 10.5 Å². The monoisotopic (exact) mass is 575 g/mol. The topological polar surface area (TPSA) is 144 Å². The number of hydrogen-bond acceptors (Lipinski definition) is 7. The Labute approximate surface area is 233 Å². The van der Waals surface area contributed by atoms with E-state index in [2.05, 4.69) is 0 Å². The lowest BCUT2D eigenvalue weighted by Gasteiger charge is -2.42. The molecule has 1 aliphatic heterocycles. The maximum atomic E-state index is 13.6. The Balaban J connectivity index is 1.67. The number of halogens is 1. The van der Waals surface area contributed by atoms with Gasteiger partial charge in [-0.2, -0.15) is 4.31 Å². The number of nitrogens with two attached hydrogens (primary N) is 1.